The third-order valence-corrected chi connectivity index (χ3v) is 9.99. The maximum Gasteiger partial charge on any atom is 0.258 e. The third-order valence-electron chi connectivity index (χ3n) is 8.52. The topological polar surface area (TPSA) is 187 Å². The number of carbonyl (C=O) groups is 3. The van der Waals surface area contributed by atoms with E-state index in [1.165, 1.54) is 12.1 Å². The van der Waals surface area contributed by atoms with Gasteiger partial charge in [0.15, 0.2) is 12.6 Å². The van der Waals surface area contributed by atoms with Crippen molar-refractivity contribution >= 4 is 44.5 Å². The second kappa shape index (κ2) is 15.9. The van der Waals surface area contributed by atoms with Crippen LogP contribution < -0.4 is 25.8 Å². The fourth-order valence-electron chi connectivity index (χ4n) is 5.83. The molecule has 14 heteroatoms. The fraction of sp³-hybridized carbons (Fsp3) is 0.412. The zero-order valence-electron chi connectivity index (χ0n) is 26.8. The largest absolute Gasteiger partial charge is 0.484 e. The first-order chi connectivity index (χ1) is 23.1. The van der Waals surface area contributed by atoms with Gasteiger partial charge in [-0.1, -0.05) is 48.5 Å². The van der Waals surface area contributed by atoms with Crippen molar-refractivity contribution in [1.29, 1.82) is 5.41 Å². The van der Waals surface area contributed by atoms with Crippen LogP contribution in [0.2, 0.25) is 0 Å². The Morgan fingerprint density at radius 3 is 2.42 bits per heavy atom. The van der Waals surface area contributed by atoms with Crippen LogP contribution in [0.25, 0.3) is 10.8 Å². The van der Waals surface area contributed by atoms with Crippen molar-refractivity contribution in [2.24, 2.45) is 11.7 Å². The van der Waals surface area contributed by atoms with Crippen LogP contribution in [0, 0.1) is 11.3 Å². The Bertz CT molecular complexity index is 1720. The first-order valence-electron chi connectivity index (χ1n) is 16.2. The van der Waals surface area contributed by atoms with E-state index in [2.05, 4.69) is 15.4 Å². The smallest absolute Gasteiger partial charge is 0.258 e. The Morgan fingerprint density at radius 2 is 1.69 bits per heavy atom. The van der Waals surface area contributed by atoms with Gasteiger partial charge < -0.3 is 30.9 Å². The average molecular weight is 678 g/mol. The number of hydrogen-bond acceptors (Lipinski definition) is 7. The van der Waals surface area contributed by atoms with Gasteiger partial charge in [0.2, 0.25) is 21.8 Å². The number of likely N-dealkylation sites (tertiary alicyclic amines) is 1. The van der Waals surface area contributed by atoms with Gasteiger partial charge in [0.05, 0.1) is 11.3 Å². The standard InChI is InChI=1S/C34H43N7O6S/c35-34(36)40-17-6-7-24(22-40)21-38-31(42)20-30(39-48(45,46)29-15-12-25-8-4-5-9-26(25)19-29)33(44)41(27-13-14-27)18-16-37-32(43)23-47-28-10-2-1-3-11-28/h1-5,8-12,15,19,24,27,30,39H,6-7,13-14,16-18,20-23H2,(H3,35,36)(H,37,43)(H,38,42)/t24?,30-/m0/s1. The van der Waals surface area contributed by atoms with Crippen LogP contribution in [-0.2, 0) is 24.4 Å². The molecule has 3 aromatic carbocycles. The van der Waals surface area contributed by atoms with E-state index in [0.717, 1.165) is 36.5 Å². The lowest BCUT2D eigenvalue weighted by Crippen LogP contribution is -2.53. The quantitative estimate of drug-likeness (QED) is 0.119. The van der Waals surface area contributed by atoms with Crippen molar-refractivity contribution in [3.05, 3.63) is 72.8 Å². The van der Waals surface area contributed by atoms with Crippen molar-refractivity contribution in [3.8, 4) is 5.75 Å². The van der Waals surface area contributed by atoms with E-state index in [1.54, 1.807) is 46.2 Å². The molecule has 1 aliphatic carbocycles. The second-order valence-corrected chi connectivity index (χ2v) is 14.0. The minimum Gasteiger partial charge on any atom is -0.484 e. The molecule has 2 aliphatic rings. The highest BCUT2D eigenvalue weighted by Crippen LogP contribution is 2.28. The number of benzene rings is 3. The van der Waals surface area contributed by atoms with E-state index < -0.39 is 34.3 Å². The molecular formula is C34H43N7O6S. The number of rotatable bonds is 15. The second-order valence-electron chi connectivity index (χ2n) is 12.2. The minimum absolute atomic E-state index is 0.0140. The molecule has 5 rings (SSSR count). The van der Waals surface area contributed by atoms with Gasteiger partial charge in [-0.2, -0.15) is 4.72 Å². The van der Waals surface area contributed by atoms with Gasteiger partial charge in [-0.05, 0) is 66.6 Å². The van der Waals surface area contributed by atoms with Crippen LogP contribution in [0.3, 0.4) is 0 Å². The molecule has 13 nitrogen and oxygen atoms in total. The molecule has 0 spiro atoms. The lowest BCUT2D eigenvalue weighted by atomic mass is 9.98. The van der Waals surface area contributed by atoms with Gasteiger partial charge in [0, 0.05) is 38.8 Å². The summed E-state index contributed by atoms with van der Waals surface area (Å²) in [7, 11) is -4.21. The third kappa shape index (κ3) is 9.67. The number of para-hydroxylation sites is 1. The van der Waals surface area contributed by atoms with Gasteiger partial charge in [0.25, 0.3) is 5.91 Å². The summed E-state index contributed by atoms with van der Waals surface area (Å²) in [4.78, 5) is 43.0. The average Bonchev–Trinajstić information content (AvgIpc) is 3.93. The molecule has 1 heterocycles. The van der Waals surface area contributed by atoms with E-state index in [-0.39, 0.29) is 48.4 Å². The lowest BCUT2D eigenvalue weighted by molar-refractivity contribution is -0.136. The summed E-state index contributed by atoms with van der Waals surface area (Å²) in [5.41, 5.74) is 5.66. The summed E-state index contributed by atoms with van der Waals surface area (Å²) in [5, 5.41) is 14.9. The predicted octanol–water partition coefficient (Wildman–Crippen LogP) is 1.78. The van der Waals surface area contributed by atoms with Gasteiger partial charge in [-0.3, -0.25) is 19.8 Å². The van der Waals surface area contributed by atoms with Crippen LogP contribution >= 0.6 is 0 Å². The van der Waals surface area contributed by atoms with Gasteiger partial charge in [0.1, 0.15) is 11.8 Å². The SMILES string of the molecule is N=C(N)N1CCCC(CNC(=O)C[C@H](NS(=O)(=O)c2ccc3ccccc3c2)C(=O)N(CCNC(=O)COc2ccccc2)C2CC2)C1. The molecule has 3 aromatic rings. The molecule has 0 aromatic heterocycles. The molecular weight excluding hydrogens is 634 g/mol. The molecule has 1 aliphatic heterocycles. The molecule has 48 heavy (non-hydrogen) atoms. The summed E-state index contributed by atoms with van der Waals surface area (Å²) in [6.07, 6.45) is 2.74. The van der Waals surface area contributed by atoms with E-state index in [0.29, 0.717) is 25.4 Å². The number of fused-ring (bicyclic) bond motifs is 1. The van der Waals surface area contributed by atoms with E-state index in [1.807, 2.05) is 24.3 Å². The van der Waals surface area contributed by atoms with Crippen LogP contribution in [0.5, 0.6) is 5.75 Å². The van der Waals surface area contributed by atoms with Crippen LogP contribution in [-0.4, -0.2) is 93.3 Å². The Kier molecular flexibility index (Phi) is 11.5. The number of amides is 3. The van der Waals surface area contributed by atoms with Gasteiger partial charge >= 0.3 is 0 Å². The highest BCUT2D eigenvalue weighted by molar-refractivity contribution is 7.89. The molecule has 6 N–H and O–H groups in total. The highest BCUT2D eigenvalue weighted by Gasteiger charge is 2.38. The van der Waals surface area contributed by atoms with Gasteiger partial charge in [-0.25, -0.2) is 8.42 Å². The van der Waals surface area contributed by atoms with Crippen molar-refractivity contribution in [2.45, 2.75) is 49.1 Å². The zero-order valence-corrected chi connectivity index (χ0v) is 27.6. The molecule has 3 amide bonds. The number of nitrogens with zero attached hydrogens (tertiary/aromatic N) is 2. The number of nitrogens with one attached hydrogen (secondary N) is 4. The minimum atomic E-state index is -4.21. The lowest BCUT2D eigenvalue weighted by Gasteiger charge is -2.33. The Morgan fingerprint density at radius 1 is 0.958 bits per heavy atom. The molecule has 1 saturated carbocycles. The van der Waals surface area contributed by atoms with Crippen molar-refractivity contribution in [1.82, 2.24) is 25.2 Å². The molecule has 2 fully saturated rings. The first-order valence-corrected chi connectivity index (χ1v) is 17.7. The van der Waals surface area contributed by atoms with Crippen molar-refractivity contribution < 1.29 is 27.5 Å². The summed E-state index contributed by atoms with van der Waals surface area (Å²) < 4.78 is 35.3. The predicted molar refractivity (Wildman–Crippen MR) is 182 cm³/mol. The van der Waals surface area contributed by atoms with Crippen LogP contribution in [0.1, 0.15) is 32.1 Å². The highest BCUT2D eigenvalue weighted by atomic mass is 32.2. The number of ether oxygens (including phenoxy) is 1. The molecule has 1 unspecified atom stereocenters. The number of nitrogens with two attached hydrogens (primary N) is 1. The monoisotopic (exact) mass is 677 g/mol. The summed E-state index contributed by atoms with van der Waals surface area (Å²) in [6.45, 7) is 1.60. The molecule has 0 radical (unpaired) electrons. The van der Waals surface area contributed by atoms with Crippen LogP contribution in [0.4, 0.5) is 0 Å². The number of guanidine groups is 1. The maximum absolute atomic E-state index is 14.0. The number of sulfonamides is 1. The number of piperidine rings is 1. The van der Waals surface area contributed by atoms with E-state index in [4.69, 9.17) is 15.9 Å². The van der Waals surface area contributed by atoms with E-state index >= 15 is 0 Å². The van der Waals surface area contributed by atoms with Crippen LogP contribution in [0.15, 0.2) is 77.7 Å². The first kappa shape index (κ1) is 34.6. The molecule has 2 atom stereocenters. The summed E-state index contributed by atoms with van der Waals surface area (Å²) in [6, 6.07) is 19.5. The van der Waals surface area contributed by atoms with Crippen molar-refractivity contribution in [2.75, 3.05) is 39.3 Å². The van der Waals surface area contributed by atoms with Crippen molar-refractivity contribution in [3.63, 3.8) is 0 Å². The zero-order chi connectivity index (χ0) is 34.1. The summed E-state index contributed by atoms with van der Waals surface area (Å²) in [5.74, 6) is -0.765. The maximum atomic E-state index is 14.0. The Balaban J connectivity index is 1.26. The van der Waals surface area contributed by atoms with E-state index in [9.17, 15) is 22.8 Å². The Labute approximate surface area is 280 Å². The summed E-state index contributed by atoms with van der Waals surface area (Å²) >= 11 is 0. The normalized spacial score (nSPS) is 16.9. The number of hydrogen-bond donors (Lipinski definition) is 5. The Hall–Kier alpha value is -4.69. The molecule has 256 valence electrons. The van der Waals surface area contributed by atoms with Gasteiger partial charge in [-0.15, -0.1) is 0 Å². The number of carbonyl (C=O) groups excluding carboxylic acids is 3. The molecule has 1 saturated heterocycles. The molecule has 0 bridgehead atoms. The fourth-order valence-corrected chi connectivity index (χ4v) is 7.05.